The molecule has 0 saturated carbocycles. The topological polar surface area (TPSA) is 128 Å². The molecule has 0 bridgehead atoms. The fraction of sp³-hybridized carbons (Fsp3) is 0.320. The van der Waals surface area contributed by atoms with E-state index in [0.717, 1.165) is 23.8 Å². The highest BCUT2D eigenvalue weighted by atomic mass is 16.5. The van der Waals surface area contributed by atoms with Crippen LogP contribution in [-0.4, -0.2) is 30.2 Å². The average molecular weight is 478 g/mol. The third-order valence-corrected chi connectivity index (χ3v) is 5.97. The van der Waals surface area contributed by atoms with Gasteiger partial charge in [0.05, 0.1) is 5.69 Å². The third kappa shape index (κ3) is 5.84. The van der Waals surface area contributed by atoms with E-state index < -0.39 is 17.3 Å². The molecule has 1 unspecified atom stereocenters. The highest BCUT2D eigenvalue weighted by molar-refractivity contribution is 5.85. The van der Waals surface area contributed by atoms with Crippen molar-refractivity contribution in [2.24, 2.45) is 13.0 Å². The van der Waals surface area contributed by atoms with Crippen LogP contribution in [0.25, 0.3) is 0 Å². The summed E-state index contributed by atoms with van der Waals surface area (Å²) in [6.07, 6.45) is 5.07. The van der Waals surface area contributed by atoms with Gasteiger partial charge in [0.15, 0.2) is 0 Å². The maximum Gasteiger partial charge on any atom is 0.354 e. The van der Waals surface area contributed by atoms with Crippen molar-refractivity contribution >= 4 is 17.6 Å². The number of pyridine rings is 1. The van der Waals surface area contributed by atoms with Gasteiger partial charge >= 0.3 is 17.3 Å². The third-order valence-electron chi connectivity index (χ3n) is 5.97. The van der Waals surface area contributed by atoms with Crippen LogP contribution in [0.15, 0.2) is 63.7 Å². The highest BCUT2D eigenvalue weighted by Gasteiger charge is 2.18. The van der Waals surface area contributed by atoms with Gasteiger partial charge in [-0.1, -0.05) is 17.7 Å². The molecule has 182 valence electrons. The molecule has 1 aliphatic rings. The second-order valence-electron chi connectivity index (χ2n) is 8.62. The van der Waals surface area contributed by atoms with Crippen molar-refractivity contribution in [2.75, 3.05) is 5.32 Å². The number of anilines is 2. The molecule has 2 heterocycles. The van der Waals surface area contributed by atoms with Crippen LogP contribution in [0, 0.1) is 5.92 Å². The Morgan fingerprint density at radius 3 is 2.63 bits per heavy atom. The molecule has 1 aromatic carbocycles. The highest BCUT2D eigenvalue weighted by Crippen LogP contribution is 2.25. The zero-order valence-electron chi connectivity index (χ0n) is 19.6. The van der Waals surface area contributed by atoms with Crippen molar-refractivity contribution in [2.45, 2.75) is 39.3 Å². The molecule has 4 rings (SSSR count). The summed E-state index contributed by atoms with van der Waals surface area (Å²) in [5.74, 6) is -0.0510. The first-order chi connectivity index (χ1) is 16.8. The number of carboxylic acids is 1. The van der Waals surface area contributed by atoms with E-state index in [0.29, 0.717) is 29.6 Å². The Morgan fingerprint density at radius 1 is 1.17 bits per heavy atom. The summed E-state index contributed by atoms with van der Waals surface area (Å²) >= 11 is 0. The molecule has 10 nitrogen and oxygen atoms in total. The zero-order valence-corrected chi connectivity index (χ0v) is 19.6. The molecule has 0 aliphatic heterocycles. The van der Waals surface area contributed by atoms with Crippen molar-refractivity contribution in [3.8, 4) is 5.75 Å². The van der Waals surface area contributed by atoms with E-state index in [1.54, 1.807) is 36.4 Å². The number of hydrogen-bond acceptors (Lipinski definition) is 7. The Hall–Kier alpha value is -4.21. The van der Waals surface area contributed by atoms with Crippen LogP contribution in [0.5, 0.6) is 5.75 Å². The SMILES string of the molecule is CC1=CCC(Cn2c(Nc3ccc(OCc4cccc(C(=O)O)n4)cc3)nc(=O)n(C)c2=O)CC1. The molecule has 0 radical (unpaired) electrons. The second kappa shape index (κ2) is 10.4. The maximum atomic E-state index is 12.8. The van der Waals surface area contributed by atoms with Gasteiger partial charge in [0.25, 0.3) is 0 Å². The number of carboxylic acid groups (broad SMARTS) is 1. The Labute approximate surface area is 201 Å². The van der Waals surface area contributed by atoms with E-state index in [1.807, 2.05) is 0 Å². The number of aromatic nitrogens is 4. The normalized spacial score (nSPS) is 15.4. The number of rotatable bonds is 8. The van der Waals surface area contributed by atoms with Gasteiger partial charge in [-0.3, -0.25) is 4.57 Å². The molecule has 1 aliphatic carbocycles. The quantitative estimate of drug-likeness (QED) is 0.474. The number of nitrogens with one attached hydrogen (secondary N) is 1. The largest absolute Gasteiger partial charge is 0.487 e. The molecule has 0 fully saturated rings. The van der Waals surface area contributed by atoms with Crippen LogP contribution in [0.4, 0.5) is 11.6 Å². The van der Waals surface area contributed by atoms with Gasteiger partial charge in [-0.15, -0.1) is 0 Å². The Bertz CT molecular complexity index is 1370. The van der Waals surface area contributed by atoms with E-state index >= 15 is 0 Å². The lowest BCUT2D eigenvalue weighted by molar-refractivity contribution is 0.0690. The first kappa shape index (κ1) is 23.9. The van der Waals surface area contributed by atoms with Crippen molar-refractivity contribution in [3.05, 3.63) is 86.5 Å². The van der Waals surface area contributed by atoms with Crippen LogP contribution in [0.3, 0.4) is 0 Å². The molecule has 35 heavy (non-hydrogen) atoms. The molecule has 0 spiro atoms. The molecule has 2 N–H and O–H groups in total. The summed E-state index contributed by atoms with van der Waals surface area (Å²) < 4.78 is 8.24. The lowest BCUT2D eigenvalue weighted by Gasteiger charge is -2.23. The fourth-order valence-corrected chi connectivity index (χ4v) is 3.88. The number of hydrogen-bond donors (Lipinski definition) is 2. The molecule has 1 atom stereocenters. The standard InChI is InChI=1S/C25H27N5O5/c1-16-6-8-17(9-7-16)14-30-23(28-24(33)29(2)25(30)34)27-18-10-12-20(13-11-18)35-15-19-4-3-5-21(26-19)22(31)32/h3-6,10-13,17H,7-9,14-15H2,1-2H3,(H,31,32)(H,27,28,33). The van der Waals surface area contributed by atoms with Gasteiger partial charge in [-0.25, -0.2) is 23.9 Å². The van der Waals surface area contributed by atoms with Gasteiger partial charge in [-0.05, 0) is 68.5 Å². The number of aromatic carboxylic acids is 1. The van der Waals surface area contributed by atoms with Crippen molar-refractivity contribution in [1.82, 2.24) is 19.1 Å². The van der Waals surface area contributed by atoms with Crippen molar-refractivity contribution < 1.29 is 14.6 Å². The van der Waals surface area contributed by atoms with Gasteiger partial charge in [0.1, 0.15) is 18.1 Å². The first-order valence-electron chi connectivity index (χ1n) is 11.3. The fourth-order valence-electron chi connectivity index (χ4n) is 3.88. The van der Waals surface area contributed by atoms with E-state index in [-0.39, 0.29) is 18.2 Å². The number of ether oxygens (including phenoxy) is 1. The minimum Gasteiger partial charge on any atom is -0.487 e. The van der Waals surface area contributed by atoms with E-state index in [1.165, 1.54) is 23.3 Å². The monoisotopic (exact) mass is 477 g/mol. The summed E-state index contributed by atoms with van der Waals surface area (Å²) in [5, 5.41) is 12.1. The Morgan fingerprint density at radius 2 is 1.94 bits per heavy atom. The van der Waals surface area contributed by atoms with Crippen LogP contribution < -0.4 is 21.4 Å². The minimum absolute atomic E-state index is 0.0439. The van der Waals surface area contributed by atoms with Crippen LogP contribution >= 0.6 is 0 Å². The predicted molar refractivity (Wildman–Crippen MR) is 130 cm³/mol. The number of nitrogens with zero attached hydrogens (tertiary/aromatic N) is 4. The van der Waals surface area contributed by atoms with Gasteiger partial charge in [0, 0.05) is 19.3 Å². The van der Waals surface area contributed by atoms with Gasteiger partial charge < -0.3 is 15.2 Å². The second-order valence-corrected chi connectivity index (χ2v) is 8.62. The van der Waals surface area contributed by atoms with E-state index in [4.69, 9.17) is 9.84 Å². The summed E-state index contributed by atoms with van der Waals surface area (Å²) in [6.45, 7) is 2.69. The minimum atomic E-state index is -1.10. The first-order valence-corrected chi connectivity index (χ1v) is 11.3. The summed E-state index contributed by atoms with van der Waals surface area (Å²) in [7, 11) is 1.43. The Balaban J connectivity index is 1.48. The zero-order chi connectivity index (χ0) is 24.9. The average Bonchev–Trinajstić information content (AvgIpc) is 2.86. The molecule has 3 aromatic rings. The van der Waals surface area contributed by atoms with Crippen LogP contribution in [0.1, 0.15) is 42.4 Å². The van der Waals surface area contributed by atoms with Gasteiger partial charge in [-0.2, -0.15) is 4.98 Å². The number of allylic oxidation sites excluding steroid dienone is 2. The van der Waals surface area contributed by atoms with Gasteiger partial charge in [0.2, 0.25) is 5.95 Å². The van der Waals surface area contributed by atoms with Crippen molar-refractivity contribution in [1.29, 1.82) is 0 Å². The Kier molecular flexibility index (Phi) is 7.09. The molecule has 0 amide bonds. The molecule has 0 saturated heterocycles. The molecular weight excluding hydrogens is 450 g/mol. The summed E-state index contributed by atoms with van der Waals surface area (Å²) in [4.78, 5) is 44.2. The molecule has 2 aromatic heterocycles. The smallest absolute Gasteiger partial charge is 0.354 e. The summed E-state index contributed by atoms with van der Waals surface area (Å²) in [6, 6.07) is 11.7. The van der Waals surface area contributed by atoms with E-state index in [2.05, 4.69) is 28.3 Å². The molecule has 10 heteroatoms. The van der Waals surface area contributed by atoms with Crippen LogP contribution in [-0.2, 0) is 20.2 Å². The van der Waals surface area contributed by atoms with E-state index in [9.17, 15) is 14.4 Å². The summed E-state index contributed by atoms with van der Waals surface area (Å²) in [5.41, 5.74) is 1.42. The predicted octanol–water partition coefficient (Wildman–Crippen LogP) is 3.10. The number of benzene rings is 1. The lowest BCUT2D eigenvalue weighted by atomic mass is 9.90. The molecular formula is C25H27N5O5. The van der Waals surface area contributed by atoms with Crippen LogP contribution in [0.2, 0.25) is 0 Å². The van der Waals surface area contributed by atoms with Crippen molar-refractivity contribution in [3.63, 3.8) is 0 Å². The lowest BCUT2D eigenvalue weighted by Crippen LogP contribution is -2.41. The maximum absolute atomic E-state index is 12.8. The number of carbonyl (C=O) groups is 1.